The highest BCUT2D eigenvalue weighted by molar-refractivity contribution is 7.94. The van der Waals surface area contributed by atoms with E-state index in [9.17, 15) is 28.2 Å². The van der Waals surface area contributed by atoms with Crippen LogP contribution in [0.4, 0.5) is 0 Å². The van der Waals surface area contributed by atoms with Crippen LogP contribution in [0.3, 0.4) is 0 Å². The molecule has 24 heavy (non-hydrogen) atoms. The fourth-order valence-corrected chi connectivity index (χ4v) is 5.47. The Morgan fingerprint density at radius 2 is 2.04 bits per heavy atom. The highest BCUT2D eigenvalue weighted by Crippen LogP contribution is 2.50. The van der Waals surface area contributed by atoms with Gasteiger partial charge in [0.1, 0.15) is 4.75 Å². The van der Waals surface area contributed by atoms with Crippen molar-refractivity contribution in [2.45, 2.75) is 30.0 Å². The van der Waals surface area contributed by atoms with Gasteiger partial charge in [-0.2, -0.15) is 0 Å². The minimum atomic E-state index is -3.98. The zero-order chi connectivity index (χ0) is 17.9. The van der Waals surface area contributed by atoms with Crippen molar-refractivity contribution in [2.75, 3.05) is 6.61 Å². The van der Waals surface area contributed by atoms with Gasteiger partial charge in [0.25, 0.3) is 5.91 Å². The maximum Gasteiger partial charge on any atom is 0.328 e. The van der Waals surface area contributed by atoms with Crippen LogP contribution < -0.4 is 0 Å². The van der Waals surface area contributed by atoms with E-state index in [0.717, 1.165) is 4.90 Å². The van der Waals surface area contributed by atoms with Crippen LogP contribution in [0.15, 0.2) is 30.0 Å². The van der Waals surface area contributed by atoms with Crippen molar-refractivity contribution >= 4 is 27.3 Å². The molecule has 8 nitrogen and oxygen atoms in total. The van der Waals surface area contributed by atoms with Gasteiger partial charge in [0.05, 0.1) is 17.9 Å². The lowest BCUT2D eigenvalue weighted by molar-refractivity contribution is -0.152. The van der Waals surface area contributed by atoms with E-state index in [1.54, 1.807) is 18.2 Å². The summed E-state index contributed by atoms with van der Waals surface area (Å²) in [5.74, 6) is -2.07. The number of pyridine rings is 1. The number of sulfone groups is 1. The zero-order valence-electron chi connectivity index (χ0n) is 13.0. The third-order valence-electron chi connectivity index (χ3n) is 4.62. The van der Waals surface area contributed by atoms with E-state index in [1.807, 2.05) is 0 Å². The molecule has 2 fully saturated rings. The third kappa shape index (κ3) is 1.88. The minimum absolute atomic E-state index is 0.104. The fourth-order valence-electron chi connectivity index (χ4n) is 3.30. The second-order valence-electron chi connectivity index (χ2n) is 6.22. The Bertz CT molecular complexity index is 859. The second-order valence-corrected chi connectivity index (χ2v) is 8.81. The monoisotopic (exact) mass is 352 g/mol. The van der Waals surface area contributed by atoms with Gasteiger partial charge in [-0.25, -0.2) is 13.2 Å². The summed E-state index contributed by atoms with van der Waals surface area (Å²) in [4.78, 5) is 28.9. The number of aliphatic hydroxyl groups is 1. The van der Waals surface area contributed by atoms with Gasteiger partial charge in [0.15, 0.2) is 21.3 Å². The molecule has 0 radical (unpaired) electrons. The van der Waals surface area contributed by atoms with E-state index in [1.165, 1.54) is 20.0 Å². The fraction of sp³-hybridized carbons (Fsp3) is 0.400. The summed E-state index contributed by atoms with van der Waals surface area (Å²) >= 11 is 0. The predicted octanol–water partition coefficient (Wildman–Crippen LogP) is -0.344. The van der Waals surface area contributed by atoms with Gasteiger partial charge in [0, 0.05) is 11.8 Å². The van der Waals surface area contributed by atoms with Crippen LogP contribution in [-0.4, -0.2) is 63.2 Å². The molecular formula is C15H16N2O6S. The molecule has 2 aliphatic rings. The highest BCUT2D eigenvalue weighted by atomic mass is 32.2. The van der Waals surface area contributed by atoms with E-state index in [-0.39, 0.29) is 16.8 Å². The van der Waals surface area contributed by atoms with Crippen molar-refractivity contribution in [3.63, 3.8) is 0 Å². The molecule has 128 valence electrons. The Morgan fingerprint density at radius 1 is 1.38 bits per heavy atom. The van der Waals surface area contributed by atoms with Gasteiger partial charge in [-0.1, -0.05) is 6.07 Å². The second kappa shape index (κ2) is 5.12. The van der Waals surface area contributed by atoms with Crippen LogP contribution in [0.25, 0.3) is 5.57 Å². The number of β-lactam (4-membered cyclic amide) rings is 1. The first kappa shape index (κ1) is 16.6. The van der Waals surface area contributed by atoms with E-state index in [0.29, 0.717) is 0 Å². The summed E-state index contributed by atoms with van der Waals surface area (Å²) in [6.45, 7) is 2.02. The van der Waals surface area contributed by atoms with Crippen LogP contribution in [0, 0.1) is 0 Å². The number of fused-ring (bicyclic) bond motifs is 1. The Hall–Kier alpha value is -2.26. The Kier molecular flexibility index (Phi) is 3.54. The lowest BCUT2D eigenvalue weighted by Crippen LogP contribution is -2.59. The van der Waals surface area contributed by atoms with Gasteiger partial charge in [-0.05, 0) is 26.0 Å². The summed E-state index contributed by atoms with van der Waals surface area (Å²) in [5, 5.41) is 17.7. The minimum Gasteiger partial charge on any atom is -0.480 e. The van der Waals surface area contributed by atoms with Crippen molar-refractivity contribution in [2.24, 2.45) is 0 Å². The molecule has 0 bridgehead atoms. The molecule has 1 amide bonds. The number of hydrogen-bond acceptors (Lipinski definition) is 6. The van der Waals surface area contributed by atoms with Crippen LogP contribution in [0.2, 0.25) is 0 Å². The van der Waals surface area contributed by atoms with Crippen LogP contribution >= 0.6 is 0 Å². The van der Waals surface area contributed by atoms with Crippen molar-refractivity contribution in [3.8, 4) is 0 Å². The summed E-state index contributed by atoms with van der Waals surface area (Å²) in [7, 11) is -3.98. The number of rotatable bonds is 3. The van der Waals surface area contributed by atoms with Crippen LogP contribution in [0.1, 0.15) is 19.5 Å². The quantitative estimate of drug-likeness (QED) is 0.563. The Balaban J connectivity index is 2.21. The number of aliphatic carboxylic acids is 1. The maximum absolute atomic E-state index is 12.8. The number of nitrogens with zero attached hydrogens (tertiary/aromatic N) is 2. The first-order chi connectivity index (χ1) is 11.2. The molecule has 1 unspecified atom stereocenters. The number of carboxylic acid groups (broad SMARTS) is 1. The van der Waals surface area contributed by atoms with Crippen molar-refractivity contribution in [3.05, 3.63) is 35.7 Å². The molecule has 2 atom stereocenters. The van der Waals surface area contributed by atoms with Crippen LogP contribution in [0.5, 0.6) is 0 Å². The molecule has 2 aliphatic heterocycles. The molecule has 3 rings (SSSR count). The van der Waals surface area contributed by atoms with E-state index in [4.69, 9.17) is 0 Å². The van der Waals surface area contributed by atoms with Gasteiger partial charge in [-0.3, -0.25) is 9.78 Å². The number of carbonyl (C=O) groups excluding carboxylic acids is 1. The Labute approximate surface area is 138 Å². The summed E-state index contributed by atoms with van der Waals surface area (Å²) in [6.07, 6.45) is 1.46. The number of aliphatic hydroxyl groups excluding tert-OH is 1. The molecule has 1 aromatic rings. The van der Waals surface area contributed by atoms with Crippen molar-refractivity contribution in [1.82, 2.24) is 9.88 Å². The lowest BCUT2D eigenvalue weighted by atomic mass is 9.92. The summed E-state index contributed by atoms with van der Waals surface area (Å²) in [6, 6.07) is 3.38. The van der Waals surface area contributed by atoms with Gasteiger partial charge in [-0.15, -0.1) is 0 Å². The topological polar surface area (TPSA) is 125 Å². The van der Waals surface area contributed by atoms with Gasteiger partial charge in [0.2, 0.25) is 0 Å². The SMILES string of the molecule is CC1(C)[C@H](C(=O)O)N2C(=O)/C(=C(\CO)c3ccccn3)C2S1(=O)=O. The average Bonchev–Trinajstić information content (AvgIpc) is 2.67. The molecular weight excluding hydrogens is 336 g/mol. The standard InChI is InChI=1S/C15H16N2O6S/c1-15(2)11(14(20)21)17-12(19)10(13(17)24(15,22)23)8(7-18)9-5-3-4-6-16-9/h3-6,11,13,18H,7H2,1-2H3,(H,20,21)/b10-8-/t11-,13?/m0/s1. The molecule has 0 aliphatic carbocycles. The van der Waals surface area contributed by atoms with Crippen molar-refractivity contribution in [1.29, 1.82) is 0 Å². The largest absolute Gasteiger partial charge is 0.480 e. The molecule has 2 saturated heterocycles. The lowest BCUT2D eigenvalue weighted by Gasteiger charge is -2.39. The average molecular weight is 352 g/mol. The number of amides is 1. The van der Waals surface area contributed by atoms with Crippen molar-refractivity contribution < 1.29 is 28.2 Å². The molecule has 1 aromatic heterocycles. The normalized spacial score (nSPS) is 29.0. The van der Waals surface area contributed by atoms with E-state index >= 15 is 0 Å². The molecule has 0 spiro atoms. The first-order valence-electron chi connectivity index (χ1n) is 7.20. The molecule has 3 heterocycles. The smallest absolute Gasteiger partial charge is 0.328 e. The number of carbonyl (C=O) groups is 2. The zero-order valence-corrected chi connectivity index (χ0v) is 13.8. The summed E-state index contributed by atoms with van der Waals surface area (Å²) in [5.41, 5.74) is 0.287. The van der Waals surface area contributed by atoms with Crippen LogP contribution in [-0.2, 0) is 19.4 Å². The Morgan fingerprint density at radius 3 is 2.54 bits per heavy atom. The third-order valence-corrected chi connectivity index (χ3v) is 7.36. The molecule has 9 heteroatoms. The number of aromatic nitrogens is 1. The van der Waals surface area contributed by atoms with E-state index in [2.05, 4.69) is 4.98 Å². The molecule has 2 N–H and O–H groups in total. The summed E-state index contributed by atoms with van der Waals surface area (Å²) < 4.78 is 24.0. The maximum atomic E-state index is 12.8. The molecule has 0 aromatic carbocycles. The van der Waals surface area contributed by atoms with Gasteiger partial charge >= 0.3 is 5.97 Å². The number of hydrogen-bond donors (Lipinski definition) is 2. The molecule has 0 saturated carbocycles. The predicted molar refractivity (Wildman–Crippen MR) is 83.3 cm³/mol. The highest BCUT2D eigenvalue weighted by Gasteiger charge is 2.70. The first-order valence-corrected chi connectivity index (χ1v) is 8.75. The number of carboxylic acids is 1. The van der Waals surface area contributed by atoms with Gasteiger partial charge < -0.3 is 15.1 Å². The van der Waals surface area contributed by atoms with E-state index < -0.39 is 44.5 Å².